The topological polar surface area (TPSA) is 59.4 Å². The van der Waals surface area contributed by atoms with Gasteiger partial charge in [-0.2, -0.15) is 5.10 Å². The monoisotopic (exact) mass is 382 g/mol. The summed E-state index contributed by atoms with van der Waals surface area (Å²) in [6.45, 7) is 4.58. The van der Waals surface area contributed by atoms with Gasteiger partial charge in [0.05, 0.1) is 12.7 Å². The maximum Gasteiger partial charge on any atom is 0.244 e. The summed E-state index contributed by atoms with van der Waals surface area (Å²) in [5.74, 6) is 0.622. The second-order valence-corrected chi connectivity index (χ2v) is 7.83. The summed E-state index contributed by atoms with van der Waals surface area (Å²) in [6.07, 6.45) is 6.20. The normalized spacial score (nSPS) is 21.0. The molecule has 0 bridgehead atoms. The van der Waals surface area contributed by atoms with Crippen LogP contribution in [0.2, 0.25) is 0 Å². The van der Waals surface area contributed by atoms with Crippen molar-refractivity contribution in [1.29, 1.82) is 0 Å². The van der Waals surface area contributed by atoms with E-state index in [2.05, 4.69) is 28.6 Å². The molecule has 150 valence electrons. The minimum atomic E-state index is 0.162. The van der Waals surface area contributed by atoms with E-state index in [9.17, 15) is 4.79 Å². The Kier molecular flexibility index (Phi) is 6.39. The lowest BCUT2D eigenvalue weighted by Gasteiger charge is -2.32. The first-order valence-electron chi connectivity index (χ1n) is 10.5. The van der Waals surface area contributed by atoms with Crippen molar-refractivity contribution < 1.29 is 9.53 Å². The molecule has 2 fully saturated rings. The number of carbonyl (C=O) groups is 1. The summed E-state index contributed by atoms with van der Waals surface area (Å²) < 4.78 is 7.94. The predicted octanol–water partition coefficient (Wildman–Crippen LogP) is 2.56. The van der Waals surface area contributed by atoms with E-state index in [1.165, 1.54) is 17.7 Å². The molecule has 1 aromatic carbocycles. The summed E-state index contributed by atoms with van der Waals surface area (Å²) in [7, 11) is 0. The average Bonchev–Trinajstić information content (AvgIpc) is 3.22. The van der Waals surface area contributed by atoms with Crippen LogP contribution in [-0.2, 0) is 22.7 Å². The van der Waals surface area contributed by atoms with Crippen LogP contribution in [0.4, 0.5) is 0 Å². The Morgan fingerprint density at radius 1 is 1.14 bits per heavy atom. The number of benzene rings is 1. The first kappa shape index (κ1) is 19.2. The number of hydrogen-bond acceptors (Lipinski definition) is 4. The van der Waals surface area contributed by atoms with E-state index in [1.807, 2.05) is 34.0 Å². The summed E-state index contributed by atoms with van der Waals surface area (Å²) in [5, 5.41) is 7.87. The Morgan fingerprint density at radius 2 is 1.96 bits per heavy atom. The van der Waals surface area contributed by atoms with Gasteiger partial charge >= 0.3 is 0 Å². The van der Waals surface area contributed by atoms with E-state index < -0.39 is 0 Å². The van der Waals surface area contributed by atoms with Crippen molar-refractivity contribution in [3.63, 3.8) is 0 Å². The van der Waals surface area contributed by atoms with Crippen molar-refractivity contribution in [3.8, 4) is 0 Å². The molecule has 2 saturated heterocycles. The molecule has 1 atom stereocenters. The zero-order chi connectivity index (χ0) is 19.2. The Labute approximate surface area is 166 Å². The number of nitrogens with one attached hydrogen (secondary N) is 1. The highest BCUT2D eigenvalue weighted by Crippen LogP contribution is 2.23. The van der Waals surface area contributed by atoms with Gasteiger partial charge in [-0.1, -0.05) is 30.3 Å². The molecule has 4 rings (SSSR count). The van der Waals surface area contributed by atoms with E-state index in [0.29, 0.717) is 19.1 Å². The van der Waals surface area contributed by atoms with Crippen molar-refractivity contribution in [3.05, 3.63) is 53.9 Å². The largest absolute Gasteiger partial charge is 0.373 e. The van der Waals surface area contributed by atoms with Crippen LogP contribution in [0, 0.1) is 0 Å². The van der Waals surface area contributed by atoms with E-state index in [4.69, 9.17) is 4.74 Å². The van der Waals surface area contributed by atoms with E-state index in [-0.39, 0.29) is 12.0 Å². The van der Waals surface area contributed by atoms with Gasteiger partial charge < -0.3 is 15.0 Å². The summed E-state index contributed by atoms with van der Waals surface area (Å²) >= 11 is 0. The minimum Gasteiger partial charge on any atom is -0.373 e. The maximum atomic E-state index is 12.8. The van der Waals surface area contributed by atoms with Crippen LogP contribution < -0.4 is 5.32 Å². The summed E-state index contributed by atoms with van der Waals surface area (Å²) in [5.41, 5.74) is 2.38. The average molecular weight is 383 g/mol. The molecule has 2 aliphatic heterocycles. The highest BCUT2D eigenvalue weighted by Gasteiger charge is 2.25. The summed E-state index contributed by atoms with van der Waals surface area (Å²) in [4.78, 5) is 14.8. The van der Waals surface area contributed by atoms with Gasteiger partial charge in [0.15, 0.2) is 0 Å². The van der Waals surface area contributed by atoms with Crippen LogP contribution in [0.5, 0.6) is 0 Å². The number of likely N-dealkylation sites (tertiary alicyclic amines) is 1. The molecule has 0 radical (unpaired) electrons. The second kappa shape index (κ2) is 9.34. The number of piperidine rings is 2. The maximum absolute atomic E-state index is 12.8. The fourth-order valence-electron chi connectivity index (χ4n) is 4.21. The van der Waals surface area contributed by atoms with Crippen LogP contribution >= 0.6 is 0 Å². The molecule has 1 aromatic heterocycles. The van der Waals surface area contributed by atoms with E-state index in [1.54, 1.807) is 0 Å². The Hall–Kier alpha value is -2.18. The quantitative estimate of drug-likeness (QED) is 0.834. The van der Waals surface area contributed by atoms with Crippen molar-refractivity contribution in [2.45, 2.75) is 50.9 Å². The number of carbonyl (C=O) groups excluding carboxylic acids is 1. The molecule has 28 heavy (non-hydrogen) atoms. The molecule has 2 aromatic rings. The number of ether oxygens (including phenoxy) is 1. The molecule has 0 spiro atoms. The molecule has 1 amide bonds. The molecular formula is C22H30N4O2. The summed E-state index contributed by atoms with van der Waals surface area (Å²) in [6, 6.07) is 12.3. The lowest BCUT2D eigenvalue weighted by molar-refractivity contribution is -0.134. The van der Waals surface area contributed by atoms with Gasteiger partial charge in [-0.15, -0.1) is 0 Å². The van der Waals surface area contributed by atoms with Crippen molar-refractivity contribution in [2.24, 2.45) is 0 Å². The van der Waals surface area contributed by atoms with Crippen molar-refractivity contribution in [2.75, 3.05) is 26.2 Å². The van der Waals surface area contributed by atoms with Gasteiger partial charge in [0.25, 0.3) is 0 Å². The predicted molar refractivity (Wildman–Crippen MR) is 108 cm³/mol. The molecule has 1 N–H and O–H groups in total. The highest BCUT2D eigenvalue weighted by molar-refractivity contribution is 5.76. The number of rotatable bonds is 6. The molecule has 3 heterocycles. The number of nitrogens with zero attached hydrogens (tertiary/aromatic N) is 3. The van der Waals surface area contributed by atoms with Gasteiger partial charge in [-0.25, -0.2) is 0 Å². The van der Waals surface area contributed by atoms with Crippen LogP contribution in [0.25, 0.3) is 0 Å². The fourth-order valence-corrected chi connectivity index (χ4v) is 4.21. The molecular weight excluding hydrogens is 352 g/mol. The number of hydrogen-bond donors (Lipinski definition) is 1. The second-order valence-electron chi connectivity index (χ2n) is 7.83. The van der Waals surface area contributed by atoms with Gasteiger partial charge in [-0.05, 0) is 43.9 Å². The number of amides is 1. The standard InChI is InChI=1S/C22H30N4O2/c27-22(16-26-21(8-12-24-26)19-7-4-11-23-15-19)25-13-9-20(10-14-25)28-17-18-5-2-1-3-6-18/h1-3,5-6,8,12,19-20,23H,4,7,9-11,13-17H2. The van der Waals surface area contributed by atoms with Crippen LogP contribution in [0.1, 0.15) is 42.9 Å². The zero-order valence-corrected chi connectivity index (χ0v) is 16.4. The smallest absolute Gasteiger partial charge is 0.244 e. The van der Waals surface area contributed by atoms with Crippen LogP contribution in [0.15, 0.2) is 42.6 Å². The highest BCUT2D eigenvalue weighted by atomic mass is 16.5. The Balaban J connectivity index is 1.25. The van der Waals surface area contributed by atoms with Gasteiger partial charge in [0, 0.05) is 37.4 Å². The van der Waals surface area contributed by atoms with Gasteiger partial charge in [0.1, 0.15) is 6.54 Å². The van der Waals surface area contributed by atoms with Gasteiger partial charge in [-0.3, -0.25) is 9.48 Å². The lowest BCUT2D eigenvalue weighted by Crippen LogP contribution is -2.42. The Bertz CT molecular complexity index is 747. The third kappa shape index (κ3) is 4.80. The SMILES string of the molecule is O=C(Cn1nccc1C1CCCNC1)N1CCC(OCc2ccccc2)CC1. The fraction of sp³-hybridized carbons (Fsp3) is 0.545. The van der Waals surface area contributed by atoms with Gasteiger partial charge in [0.2, 0.25) is 5.91 Å². The van der Waals surface area contributed by atoms with Crippen molar-refractivity contribution >= 4 is 5.91 Å². The van der Waals surface area contributed by atoms with Crippen molar-refractivity contribution in [1.82, 2.24) is 20.0 Å². The Morgan fingerprint density at radius 3 is 2.71 bits per heavy atom. The first-order valence-corrected chi connectivity index (χ1v) is 10.5. The third-order valence-corrected chi connectivity index (χ3v) is 5.87. The minimum absolute atomic E-state index is 0.162. The van der Waals surface area contributed by atoms with E-state index >= 15 is 0 Å². The van der Waals surface area contributed by atoms with Crippen LogP contribution in [0.3, 0.4) is 0 Å². The molecule has 0 aliphatic carbocycles. The van der Waals surface area contributed by atoms with Crippen LogP contribution in [-0.4, -0.2) is 52.9 Å². The molecule has 1 unspecified atom stereocenters. The third-order valence-electron chi connectivity index (χ3n) is 5.87. The molecule has 2 aliphatic rings. The molecule has 6 nitrogen and oxygen atoms in total. The number of aromatic nitrogens is 2. The first-order chi connectivity index (χ1) is 13.8. The van der Waals surface area contributed by atoms with E-state index in [0.717, 1.165) is 45.4 Å². The molecule has 6 heteroatoms. The molecule has 0 saturated carbocycles. The lowest BCUT2D eigenvalue weighted by atomic mass is 9.96. The zero-order valence-electron chi connectivity index (χ0n) is 16.4.